The number of aliphatic hydroxyl groups excluding tert-OH is 1. The van der Waals surface area contributed by atoms with Crippen LogP contribution in [0.3, 0.4) is 0 Å². The van der Waals surface area contributed by atoms with Gasteiger partial charge in [-0.05, 0) is 24.0 Å². The highest BCUT2D eigenvalue weighted by Crippen LogP contribution is 2.36. The molecule has 0 spiro atoms. The largest absolute Gasteiger partial charge is 0.490 e. The van der Waals surface area contributed by atoms with E-state index in [0.717, 1.165) is 6.07 Å². The van der Waals surface area contributed by atoms with Gasteiger partial charge in [0.05, 0.1) is 11.7 Å². The topological polar surface area (TPSA) is 29.5 Å². The molecule has 0 radical (unpaired) electrons. The monoisotopic (exact) mass is 276 g/mol. The van der Waals surface area contributed by atoms with Gasteiger partial charge in [-0.3, -0.25) is 0 Å². The van der Waals surface area contributed by atoms with Crippen molar-refractivity contribution in [2.75, 3.05) is 6.61 Å². The maximum absolute atomic E-state index is 12.7. The number of rotatable bonds is 4. The van der Waals surface area contributed by atoms with Gasteiger partial charge in [-0.2, -0.15) is 13.2 Å². The molecule has 1 unspecified atom stereocenters. The first kappa shape index (κ1) is 15.8. The predicted octanol–water partition coefficient (Wildman–Crippen LogP) is 3.88. The third kappa shape index (κ3) is 5.51. The Morgan fingerprint density at radius 2 is 1.74 bits per heavy atom. The SMILES string of the molecule is CC(C)(C)CC(O)COc1ccccc1C(F)(F)F. The standard InChI is InChI=1S/C14H19F3O2/c1-13(2,3)8-10(18)9-19-12-7-5-4-6-11(12)14(15,16)17/h4-7,10,18H,8-9H2,1-3H3. The Morgan fingerprint density at radius 3 is 2.26 bits per heavy atom. The van der Waals surface area contributed by atoms with Crippen LogP contribution in [0.4, 0.5) is 13.2 Å². The summed E-state index contributed by atoms with van der Waals surface area (Å²) in [6.45, 7) is 5.68. The van der Waals surface area contributed by atoms with E-state index in [2.05, 4.69) is 0 Å². The minimum atomic E-state index is -4.45. The van der Waals surface area contributed by atoms with Gasteiger partial charge in [-0.1, -0.05) is 32.9 Å². The van der Waals surface area contributed by atoms with Gasteiger partial charge in [-0.15, -0.1) is 0 Å². The summed E-state index contributed by atoms with van der Waals surface area (Å²) in [6.07, 6.45) is -4.78. The quantitative estimate of drug-likeness (QED) is 0.904. The van der Waals surface area contributed by atoms with Crippen LogP contribution in [0, 0.1) is 5.41 Å². The van der Waals surface area contributed by atoms with Crippen LogP contribution in [-0.4, -0.2) is 17.8 Å². The zero-order valence-electron chi connectivity index (χ0n) is 11.3. The van der Waals surface area contributed by atoms with Crippen molar-refractivity contribution >= 4 is 0 Å². The third-order valence-corrected chi connectivity index (χ3v) is 2.47. The average molecular weight is 276 g/mol. The summed E-state index contributed by atoms with van der Waals surface area (Å²) in [5.41, 5.74) is -0.926. The van der Waals surface area contributed by atoms with Crippen LogP contribution in [0.2, 0.25) is 0 Å². The van der Waals surface area contributed by atoms with Crippen molar-refractivity contribution in [1.82, 2.24) is 0 Å². The van der Waals surface area contributed by atoms with Crippen molar-refractivity contribution in [3.05, 3.63) is 29.8 Å². The van der Waals surface area contributed by atoms with Gasteiger partial charge in [-0.25, -0.2) is 0 Å². The predicted molar refractivity (Wildman–Crippen MR) is 67.0 cm³/mol. The Kier molecular flexibility index (Phi) is 4.85. The second-order valence-electron chi connectivity index (χ2n) is 5.72. The van der Waals surface area contributed by atoms with E-state index in [-0.39, 0.29) is 17.8 Å². The lowest BCUT2D eigenvalue weighted by molar-refractivity contribution is -0.139. The number of alkyl halides is 3. The maximum atomic E-state index is 12.7. The van der Waals surface area contributed by atoms with Crippen LogP contribution in [0.5, 0.6) is 5.75 Å². The summed E-state index contributed by atoms with van der Waals surface area (Å²) in [5.74, 6) is -0.247. The van der Waals surface area contributed by atoms with Crippen molar-refractivity contribution in [3.8, 4) is 5.75 Å². The lowest BCUT2D eigenvalue weighted by Crippen LogP contribution is -2.24. The molecule has 0 heterocycles. The van der Waals surface area contributed by atoms with Crippen molar-refractivity contribution in [1.29, 1.82) is 0 Å². The number of ether oxygens (including phenoxy) is 1. The van der Waals surface area contributed by atoms with Crippen LogP contribution in [0.15, 0.2) is 24.3 Å². The molecule has 19 heavy (non-hydrogen) atoms. The number of halogens is 3. The summed E-state index contributed by atoms with van der Waals surface area (Å²) < 4.78 is 43.2. The summed E-state index contributed by atoms with van der Waals surface area (Å²) in [6, 6.07) is 5.00. The molecule has 1 N–H and O–H groups in total. The molecule has 1 aromatic carbocycles. The molecule has 1 aromatic rings. The second kappa shape index (κ2) is 5.82. The molecule has 108 valence electrons. The lowest BCUT2D eigenvalue weighted by Gasteiger charge is -2.23. The highest BCUT2D eigenvalue weighted by molar-refractivity contribution is 5.35. The van der Waals surface area contributed by atoms with Crippen molar-refractivity contribution < 1.29 is 23.0 Å². The lowest BCUT2D eigenvalue weighted by atomic mass is 9.89. The summed E-state index contributed by atoms with van der Waals surface area (Å²) in [5, 5.41) is 9.73. The van der Waals surface area contributed by atoms with E-state index in [1.54, 1.807) is 0 Å². The third-order valence-electron chi connectivity index (χ3n) is 2.47. The molecule has 1 rings (SSSR count). The van der Waals surface area contributed by atoms with Crippen LogP contribution < -0.4 is 4.74 Å². The highest BCUT2D eigenvalue weighted by atomic mass is 19.4. The second-order valence-corrected chi connectivity index (χ2v) is 5.72. The average Bonchev–Trinajstić information content (AvgIpc) is 2.23. The molecule has 0 aliphatic carbocycles. The number of benzene rings is 1. The molecule has 5 heteroatoms. The Bertz CT molecular complexity index is 408. The van der Waals surface area contributed by atoms with E-state index in [1.165, 1.54) is 18.2 Å². The van der Waals surface area contributed by atoms with Crippen molar-refractivity contribution in [3.63, 3.8) is 0 Å². The molecule has 0 amide bonds. The molecule has 0 fully saturated rings. The van der Waals surface area contributed by atoms with Crippen LogP contribution in [0.25, 0.3) is 0 Å². The molecule has 0 aromatic heterocycles. The van der Waals surface area contributed by atoms with Gasteiger partial charge >= 0.3 is 6.18 Å². The molecule has 0 saturated carbocycles. The Morgan fingerprint density at radius 1 is 1.16 bits per heavy atom. The Balaban J connectivity index is 2.68. The first-order chi connectivity index (χ1) is 8.59. The van der Waals surface area contributed by atoms with Gasteiger partial charge < -0.3 is 9.84 Å². The summed E-state index contributed by atoms with van der Waals surface area (Å²) in [4.78, 5) is 0. The van der Waals surface area contributed by atoms with Crippen molar-refractivity contribution in [2.45, 2.75) is 39.5 Å². The molecule has 2 nitrogen and oxygen atoms in total. The fourth-order valence-corrected chi connectivity index (χ4v) is 1.78. The number of hydrogen-bond donors (Lipinski definition) is 1. The van der Waals surface area contributed by atoms with Gasteiger partial charge in [0.1, 0.15) is 12.4 Å². The minimum Gasteiger partial charge on any atom is -0.490 e. The minimum absolute atomic E-state index is 0.105. The molecular weight excluding hydrogens is 257 g/mol. The summed E-state index contributed by atoms with van der Waals surface area (Å²) in [7, 11) is 0. The highest BCUT2D eigenvalue weighted by Gasteiger charge is 2.34. The van der Waals surface area contributed by atoms with Crippen LogP contribution in [0.1, 0.15) is 32.8 Å². The molecule has 0 aliphatic rings. The molecule has 0 aliphatic heterocycles. The Labute approximate surface area is 111 Å². The van der Waals surface area contributed by atoms with Gasteiger partial charge in [0.15, 0.2) is 0 Å². The smallest absolute Gasteiger partial charge is 0.419 e. The van der Waals surface area contributed by atoms with Crippen LogP contribution >= 0.6 is 0 Å². The van der Waals surface area contributed by atoms with E-state index >= 15 is 0 Å². The first-order valence-electron chi connectivity index (χ1n) is 6.07. The molecule has 0 bridgehead atoms. The van der Waals surface area contributed by atoms with Crippen molar-refractivity contribution in [2.24, 2.45) is 5.41 Å². The number of aliphatic hydroxyl groups is 1. The fourth-order valence-electron chi connectivity index (χ4n) is 1.78. The summed E-state index contributed by atoms with van der Waals surface area (Å²) >= 11 is 0. The molecular formula is C14H19F3O2. The van der Waals surface area contributed by atoms with E-state index < -0.39 is 17.8 Å². The van der Waals surface area contributed by atoms with E-state index in [4.69, 9.17) is 4.74 Å². The van der Waals surface area contributed by atoms with Gasteiger partial charge in [0.2, 0.25) is 0 Å². The van der Waals surface area contributed by atoms with Crippen LogP contribution in [-0.2, 0) is 6.18 Å². The molecule has 0 saturated heterocycles. The van der Waals surface area contributed by atoms with E-state index in [1.807, 2.05) is 20.8 Å². The number of hydrogen-bond acceptors (Lipinski definition) is 2. The first-order valence-corrected chi connectivity index (χ1v) is 6.07. The maximum Gasteiger partial charge on any atom is 0.419 e. The van der Waals surface area contributed by atoms with E-state index in [0.29, 0.717) is 6.42 Å². The Hall–Kier alpha value is -1.23. The van der Waals surface area contributed by atoms with E-state index in [9.17, 15) is 18.3 Å². The zero-order chi connectivity index (χ0) is 14.7. The van der Waals surface area contributed by atoms with Gasteiger partial charge in [0.25, 0.3) is 0 Å². The normalized spacial score (nSPS) is 14.3. The molecule has 1 atom stereocenters. The van der Waals surface area contributed by atoms with Gasteiger partial charge in [0, 0.05) is 0 Å². The number of para-hydroxylation sites is 1. The fraction of sp³-hybridized carbons (Fsp3) is 0.571. The zero-order valence-corrected chi connectivity index (χ0v) is 11.3.